The summed E-state index contributed by atoms with van der Waals surface area (Å²) >= 11 is 0. The van der Waals surface area contributed by atoms with E-state index in [1.807, 2.05) is 23.0 Å². The molecule has 140 valence electrons. The lowest BCUT2D eigenvalue weighted by molar-refractivity contribution is -0.0685. The first kappa shape index (κ1) is 17.7. The van der Waals surface area contributed by atoms with Crippen LogP contribution in [0.5, 0.6) is 0 Å². The molecular weight excluding hydrogens is 329 g/mol. The highest BCUT2D eigenvalue weighted by atomic mass is 19.1. The zero-order valence-electron chi connectivity index (χ0n) is 15.7. The summed E-state index contributed by atoms with van der Waals surface area (Å²) in [4.78, 5) is 2.54. The number of hydrogen-bond acceptors (Lipinski definition) is 3. The van der Waals surface area contributed by atoms with Crippen LogP contribution in [0.2, 0.25) is 0 Å². The Labute approximate surface area is 155 Å². The first-order valence-corrected chi connectivity index (χ1v) is 9.80. The van der Waals surface area contributed by atoms with Gasteiger partial charge in [0.2, 0.25) is 0 Å². The fourth-order valence-corrected chi connectivity index (χ4v) is 4.56. The van der Waals surface area contributed by atoms with E-state index in [-0.39, 0.29) is 5.82 Å². The second-order valence-corrected chi connectivity index (χ2v) is 7.83. The van der Waals surface area contributed by atoms with Crippen LogP contribution in [0.3, 0.4) is 0 Å². The Morgan fingerprint density at radius 2 is 1.88 bits per heavy atom. The summed E-state index contributed by atoms with van der Waals surface area (Å²) in [6.45, 7) is 7.49. The molecule has 1 aromatic heterocycles. The molecule has 0 spiro atoms. The quantitative estimate of drug-likeness (QED) is 0.830. The number of ether oxygens (including phenoxy) is 1. The number of nitrogens with zero attached hydrogens (tertiary/aromatic N) is 3. The molecule has 2 heterocycles. The molecule has 1 aliphatic carbocycles. The second-order valence-electron chi connectivity index (χ2n) is 7.83. The van der Waals surface area contributed by atoms with Gasteiger partial charge in [0.05, 0.1) is 24.1 Å². The van der Waals surface area contributed by atoms with Gasteiger partial charge in [-0.15, -0.1) is 0 Å². The van der Waals surface area contributed by atoms with Crippen molar-refractivity contribution < 1.29 is 9.13 Å². The van der Waals surface area contributed by atoms with Crippen LogP contribution in [0.15, 0.2) is 30.5 Å². The van der Waals surface area contributed by atoms with Crippen LogP contribution in [0.25, 0.3) is 5.69 Å². The highest BCUT2D eigenvalue weighted by Gasteiger charge is 2.27. The number of morpholine rings is 1. The summed E-state index contributed by atoms with van der Waals surface area (Å²) in [7, 11) is 0. The van der Waals surface area contributed by atoms with Gasteiger partial charge in [-0.2, -0.15) is 5.10 Å². The Balaban J connectivity index is 1.47. The highest BCUT2D eigenvalue weighted by Crippen LogP contribution is 2.35. The third kappa shape index (κ3) is 3.69. The number of benzene rings is 1. The zero-order valence-corrected chi connectivity index (χ0v) is 15.7. The third-order valence-corrected chi connectivity index (χ3v) is 5.67. The Hall–Kier alpha value is -1.72. The van der Waals surface area contributed by atoms with Crippen LogP contribution in [-0.2, 0) is 11.2 Å². The van der Waals surface area contributed by atoms with E-state index in [0.717, 1.165) is 31.7 Å². The van der Waals surface area contributed by atoms with Crippen molar-refractivity contribution in [1.29, 1.82) is 0 Å². The maximum Gasteiger partial charge on any atom is 0.123 e. The number of halogens is 1. The minimum Gasteiger partial charge on any atom is -0.373 e. The van der Waals surface area contributed by atoms with Crippen LogP contribution in [-0.4, -0.2) is 46.5 Å². The van der Waals surface area contributed by atoms with E-state index in [9.17, 15) is 4.39 Å². The molecular formula is C21H28FN3O. The van der Waals surface area contributed by atoms with Gasteiger partial charge < -0.3 is 4.74 Å². The lowest BCUT2D eigenvalue weighted by Gasteiger charge is -2.36. The summed E-state index contributed by atoms with van der Waals surface area (Å²) in [6.07, 6.45) is 7.32. The van der Waals surface area contributed by atoms with E-state index in [1.54, 1.807) is 0 Å². The van der Waals surface area contributed by atoms with Gasteiger partial charge in [-0.3, -0.25) is 4.90 Å². The van der Waals surface area contributed by atoms with Gasteiger partial charge in [-0.1, -0.05) is 0 Å². The number of rotatable bonds is 4. The van der Waals surface area contributed by atoms with Gasteiger partial charge in [-0.05, 0) is 81.8 Å². The van der Waals surface area contributed by atoms with E-state index in [2.05, 4.69) is 23.8 Å². The van der Waals surface area contributed by atoms with Crippen molar-refractivity contribution in [3.8, 4) is 5.69 Å². The number of aromatic nitrogens is 2. The molecule has 5 heteroatoms. The zero-order chi connectivity index (χ0) is 18.1. The molecule has 26 heavy (non-hydrogen) atoms. The van der Waals surface area contributed by atoms with Gasteiger partial charge in [0.1, 0.15) is 5.82 Å². The molecule has 1 saturated heterocycles. The molecule has 0 bridgehead atoms. The maximum absolute atomic E-state index is 13.2. The van der Waals surface area contributed by atoms with E-state index in [1.165, 1.54) is 42.7 Å². The number of fused-ring (bicyclic) bond motifs is 1. The van der Waals surface area contributed by atoms with Crippen molar-refractivity contribution in [2.75, 3.05) is 19.6 Å². The molecule has 0 radical (unpaired) electrons. The lowest BCUT2D eigenvalue weighted by Crippen LogP contribution is -2.45. The summed E-state index contributed by atoms with van der Waals surface area (Å²) in [5, 5.41) is 4.63. The lowest BCUT2D eigenvalue weighted by atomic mass is 9.84. The number of hydrogen-bond donors (Lipinski definition) is 0. The van der Waals surface area contributed by atoms with Crippen LogP contribution in [0, 0.1) is 5.82 Å². The van der Waals surface area contributed by atoms with Crippen molar-refractivity contribution >= 4 is 0 Å². The molecule has 1 aromatic carbocycles. The molecule has 4 rings (SSSR count). The van der Waals surface area contributed by atoms with E-state index in [4.69, 9.17) is 4.74 Å². The molecule has 2 aliphatic rings. The van der Waals surface area contributed by atoms with Crippen molar-refractivity contribution in [3.05, 3.63) is 47.5 Å². The molecule has 1 aliphatic heterocycles. The Bertz CT molecular complexity index is 732. The summed E-state index contributed by atoms with van der Waals surface area (Å²) in [5.41, 5.74) is 3.63. The standard InChI is InChI=1S/C21H28FN3O/c1-15-13-24(14-16(2)26-15)11-10-17-4-3-5-21-20(17)12-23-25(21)19-8-6-18(22)7-9-19/h6-9,12,15-17H,3-5,10-11,13-14H2,1-2H3/t15-,16+,17?. The molecule has 2 aromatic rings. The van der Waals surface area contributed by atoms with Crippen LogP contribution in [0.4, 0.5) is 4.39 Å². The van der Waals surface area contributed by atoms with Crippen LogP contribution >= 0.6 is 0 Å². The fourth-order valence-electron chi connectivity index (χ4n) is 4.56. The Morgan fingerprint density at radius 3 is 2.62 bits per heavy atom. The Kier molecular flexibility index (Phi) is 5.09. The molecule has 1 unspecified atom stereocenters. The first-order valence-electron chi connectivity index (χ1n) is 9.80. The normalized spacial score (nSPS) is 26.7. The van der Waals surface area contributed by atoms with Gasteiger partial charge in [0, 0.05) is 18.8 Å². The maximum atomic E-state index is 13.2. The van der Waals surface area contributed by atoms with Crippen LogP contribution in [0.1, 0.15) is 50.3 Å². The Morgan fingerprint density at radius 1 is 1.15 bits per heavy atom. The minimum atomic E-state index is -0.207. The van der Waals surface area contributed by atoms with Gasteiger partial charge in [0.15, 0.2) is 0 Å². The molecule has 4 nitrogen and oxygen atoms in total. The van der Waals surface area contributed by atoms with Crippen molar-refractivity contribution in [2.45, 2.75) is 57.7 Å². The molecule has 0 amide bonds. The molecule has 1 fully saturated rings. The monoisotopic (exact) mass is 357 g/mol. The molecule has 0 saturated carbocycles. The first-order chi connectivity index (χ1) is 12.6. The SMILES string of the molecule is C[C@@H]1CN(CCC2CCCc3c2cnn3-c2ccc(F)cc2)C[C@H](C)O1. The fraction of sp³-hybridized carbons (Fsp3) is 0.571. The summed E-state index contributed by atoms with van der Waals surface area (Å²) in [6, 6.07) is 6.63. The van der Waals surface area contributed by atoms with Crippen molar-refractivity contribution in [3.63, 3.8) is 0 Å². The van der Waals surface area contributed by atoms with E-state index in [0.29, 0.717) is 18.1 Å². The van der Waals surface area contributed by atoms with Gasteiger partial charge in [-0.25, -0.2) is 9.07 Å². The smallest absolute Gasteiger partial charge is 0.123 e. The predicted molar refractivity (Wildman–Crippen MR) is 100 cm³/mol. The third-order valence-electron chi connectivity index (χ3n) is 5.67. The van der Waals surface area contributed by atoms with Crippen molar-refractivity contribution in [1.82, 2.24) is 14.7 Å². The topological polar surface area (TPSA) is 30.3 Å². The largest absolute Gasteiger partial charge is 0.373 e. The molecule has 3 atom stereocenters. The molecule has 0 N–H and O–H groups in total. The van der Waals surface area contributed by atoms with Crippen molar-refractivity contribution in [2.24, 2.45) is 0 Å². The van der Waals surface area contributed by atoms with Gasteiger partial charge >= 0.3 is 0 Å². The second kappa shape index (κ2) is 7.49. The summed E-state index contributed by atoms with van der Waals surface area (Å²) in [5.74, 6) is 0.364. The average Bonchev–Trinajstić information content (AvgIpc) is 3.04. The average molecular weight is 357 g/mol. The van der Waals surface area contributed by atoms with Gasteiger partial charge in [0.25, 0.3) is 0 Å². The predicted octanol–water partition coefficient (Wildman–Crippen LogP) is 3.93. The minimum absolute atomic E-state index is 0.207. The highest BCUT2D eigenvalue weighted by molar-refractivity contribution is 5.37. The van der Waals surface area contributed by atoms with Crippen LogP contribution < -0.4 is 0 Å². The van der Waals surface area contributed by atoms with E-state index < -0.39 is 0 Å². The van der Waals surface area contributed by atoms with E-state index >= 15 is 0 Å². The summed E-state index contributed by atoms with van der Waals surface area (Å²) < 4.78 is 21.1.